The molecule has 1 aromatic rings. The fourth-order valence-corrected chi connectivity index (χ4v) is 3.36. The maximum absolute atomic E-state index is 12.6. The number of aromatic hydroxyl groups is 1. The van der Waals surface area contributed by atoms with Crippen molar-refractivity contribution in [3.05, 3.63) is 29.3 Å². The number of hydrogen-bond acceptors (Lipinski definition) is 8. The van der Waals surface area contributed by atoms with Crippen LogP contribution in [0.25, 0.3) is 6.08 Å². The standard InChI is InChI=1S/C19H24O7S/c1-10-6-13(27)9-16(22)18(23)14(20)5-3-4-11-7-12(25-2)8-15(21)17(11)19(24)26-10/h3-4,7-8,10,13-14,18,20-21,23,27H,5-6,9H2,1-2H3/b4-3+/t10-,13+,14-,18-/m0/s1. The highest BCUT2D eigenvalue weighted by molar-refractivity contribution is 7.81. The number of ether oxygens (including phenoxy) is 2. The highest BCUT2D eigenvalue weighted by Gasteiger charge is 2.27. The number of benzene rings is 1. The number of carbonyl (C=O) groups is 2. The van der Waals surface area contributed by atoms with Gasteiger partial charge in [0, 0.05) is 17.7 Å². The maximum Gasteiger partial charge on any atom is 0.342 e. The van der Waals surface area contributed by atoms with Crippen LogP contribution in [0, 0.1) is 0 Å². The summed E-state index contributed by atoms with van der Waals surface area (Å²) in [4.78, 5) is 24.6. The third kappa shape index (κ3) is 5.47. The van der Waals surface area contributed by atoms with E-state index in [2.05, 4.69) is 12.6 Å². The fraction of sp³-hybridized carbons (Fsp3) is 0.474. The minimum atomic E-state index is -1.52. The number of carbonyl (C=O) groups excluding carboxylic acids is 2. The minimum Gasteiger partial charge on any atom is -0.507 e. The van der Waals surface area contributed by atoms with Crippen LogP contribution in [0.4, 0.5) is 0 Å². The van der Waals surface area contributed by atoms with Gasteiger partial charge in [-0.05, 0) is 31.4 Å². The van der Waals surface area contributed by atoms with Crippen LogP contribution in [0.1, 0.15) is 42.1 Å². The summed E-state index contributed by atoms with van der Waals surface area (Å²) in [6, 6.07) is 2.85. The molecule has 0 radical (unpaired) electrons. The molecule has 0 spiro atoms. The van der Waals surface area contributed by atoms with Crippen LogP contribution in [0.3, 0.4) is 0 Å². The van der Waals surface area contributed by atoms with Crippen molar-refractivity contribution in [1.82, 2.24) is 0 Å². The summed E-state index contributed by atoms with van der Waals surface area (Å²) in [6.45, 7) is 1.65. The number of phenols is 1. The molecular weight excluding hydrogens is 372 g/mol. The number of thiol groups is 1. The van der Waals surface area contributed by atoms with Crippen molar-refractivity contribution in [3.8, 4) is 11.5 Å². The van der Waals surface area contributed by atoms with Gasteiger partial charge in [0.15, 0.2) is 5.78 Å². The molecule has 0 bridgehead atoms. The Labute approximate surface area is 163 Å². The van der Waals surface area contributed by atoms with E-state index in [0.717, 1.165) is 0 Å². The van der Waals surface area contributed by atoms with Crippen molar-refractivity contribution < 1.29 is 34.4 Å². The molecule has 1 aliphatic heterocycles. The van der Waals surface area contributed by atoms with Crippen LogP contribution in [0.5, 0.6) is 11.5 Å². The van der Waals surface area contributed by atoms with Crippen LogP contribution in [-0.2, 0) is 9.53 Å². The number of ketones is 1. The molecule has 7 nitrogen and oxygen atoms in total. The summed E-state index contributed by atoms with van der Waals surface area (Å²) in [5.74, 6) is -1.20. The Balaban J connectivity index is 2.44. The lowest BCUT2D eigenvalue weighted by molar-refractivity contribution is -0.132. The molecule has 4 atom stereocenters. The van der Waals surface area contributed by atoms with Gasteiger partial charge in [0.05, 0.1) is 13.2 Å². The Morgan fingerprint density at radius 3 is 2.63 bits per heavy atom. The van der Waals surface area contributed by atoms with Crippen LogP contribution in [-0.4, -0.2) is 57.7 Å². The van der Waals surface area contributed by atoms with E-state index in [1.54, 1.807) is 13.0 Å². The number of esters is 1. The molecule has 1 heterocycles. The zero-order chi connectivity index (χ0) is 20.1. The fourth-order valence-electron chi connectivity index (χ4n) is 2.88. The number of methoxy groups -OCH3 is 1. The Morgan fingerprint density at radius 2 is 1.96 bits per heavy atom. The number of aliphatic hydroxyl groups is 2. The highest BCUT2D eigenvalue weighted by Crippen LogP contribution is 2.30. The van der Waals surface area contributed by atoms with Crippen molar-refractivity contribution in [3.63, 3.8) is 0 Å². The van der Waals surface area contributed by atoms with Gasteiger partial charge in [-0.2, -0.15) is 12.6 Å². The van der Waals surface area contributed by atoms with Gasteiger partial charge in [-0.3, -0.25) is 4.79 Å². The minimum absolute atomic E-state index is 0.0208. The van der Waals surface area contributed by atoms with Gasteiger partial charge in [-0.25, -0.2) is 4.79 Å². The number of hydrogen-bond donors (Lipinski definition) is 4. The molecule has 2 rings (SSSR count). The molecule has 27 heavy (non-hydrogen) atoms. The van der Waals surface area contributed by atoms with Crippen molar-refractivity contribution in [2.45, 2.75) is 49.7 Å². The normalized spacial score (nSPS) is 28.6. The number of cyclic esters (lactones) is 1. The zero-order valence-electron chi connectivity index (χ0n) is 15.2. The van der Waals surface area contributed by atoms with Gasteiger partial charge in [0.2, 0.25) is 0 Å². The lowest BCUT2D eigenvalue weighted by Crippen LogP contribution is -2.35. The second-order valence-electron chi connectivity index (χ2n) is 6.54. The van der Waals surface area contributed by atoms with Gasteiger partial charge >= 0.3 is 5.97 Å². The predicted octanol–water partition coefficient (Wildman–Crippen LogP) is 1.73. The maximum atomic E-state index is 12.6. The highest BCUT2D eigenvalue weighted by atomic mass is 32.1. The number of Topliss-reactive ketones (excluding diaryl/α,β-unsaturated/α-hetero) is 1. The molecule has 0 aromatic heterocycles. The molecule has 0 saturated carbocycles. The second-order valence-corrected chi connectivity index (χ2v) is 7.27. The van der Waals surface area contributed by atoms with E-state index in [1.807, 2.05) is 0 Å². The van der Waals surface area contributed by atoms with Crippen molar-refractivity contribution in [1.29, 1.82) is 0 Å². The first-order valence-corrected chi connectivity index (χ1v) is 9.10. The first-order valence-electron chi connectivity index (χ1n) is 8.58. The van der Waals surface area contributed by atoms with Crippen molar-refractivity contribution in [2.24, 2.45) is 0 Å². The molecule has 148 valence electrons. The summed E-state index contributed by atoms with van der Waals surface area (Å²) in [7, 11) is 1.42. The average Bonchev–Trinajstić information content (AvgIpc) is 2.58. The summed E-state index contributed by atoms with van der Waals surface area (Å²) >= 11 is 4.31. The third-order valence-corrected chi connectivity index (χ3v) is 4.67. The lowest BCUT2D eigenvalue weighted by Gasteiger charge is -2.21. The van der Waals surface area contributed by atoms with E-state index in [1.165, 1.54) is 25.3 Å². The van der Waals surface area contributed by atoms with E-state index in [0.29, 0.717) is 11.3 Å². The molecule has 0 unspecified atom stereocenters. The smallest absolute Gasteiger partial charge is 0.342 e. The summed E-state index contributed by atoms with van der Waals surface area (Å²) in [5.41, 5.74) is 0.300. The second kappa shape index (κ2) is 9.25. The van der Waals surface area contributed by atoms with E-state index < -0.39 is 35.3 Å². The van der Waals surface area contributed by atoms with Gasteiger partial charge in [0.25, 0.3) is 0 Å². The molecule has 0 fully saturated rings. The summed E-state index contributed by atoms with van der Waals surface area (Å²) in [5, 5.41) is 29.8. The monoisotopic (exact) mass is 396 g/mol. The summed E-state index contributed by atoms with van der Waals surface area (Å²) < 4.78 is 10.5. The van der Waals surface area contributed by atoms with Crippen molar-refractivity contribution >= 4 is 30.5 Å². The number of rotatable bonds is 1. The van der Waals surface area contributed by atoms with Gasteiger partial charge in [0.1, 0.15) is 29.3 Å². The molecule has 0 amide bonds. The number of fused-ring (bicyclic) bond motifs is 1. The molecule has 8 heteroatoms. The van der Waals surface area contributed by atoms with Gasteiger partial charge < -0.3 is 24.8 Å². The van der Waals surface area contributed by atoms with Crippen LogP contribution in [0.15, 0.2) is 18.2 Å². The first-order chi connectivity index (χ1) is 12.7. The van der Waals surface area contributed by atoms with Gasteiger partial charge in [-0.1, -0.05) is 12.2 Å². The third-order valence-electron chi connectivity index (χ3n) is 4.28. The molecule has 3 N–H and O–H groups in total. The first kappa shape index (κ1) is 21.3. The number of aliphatic hydroxyl groups excluding tert-OH is 2. The molecule has 0 aliphatic carbocycles. The Kier molecular flexibility index (Phi) is 7.29. The largest absolute Gasteiger partial charge is 0.507 e. The Hall–Kier alpha value is -2.03. The zero-order valence-corrected chi connectivity index (χ0v) is 16.1. The summed E-state index contributed by atoms with van der Waals surface area (Å²) in [6.07, 6.45) is -0.204. The Bertz CT molecular complexity index is 731. The molecular formula is C19H24O7S. The predicted molar refractivity (Wildman–Crippen MR) is 102 cm³/mol. The SMILES string of the molecule is COc1cc(O)c2c(c1)/C=C/C[C@H](O)[C@H](O)C(=O)C[C@H](S)C[C@H](C)OC2=O. The Morgan fingerprint density at radius 1 is 1.26 bits per heavy atom. The van der Waals surface area contributed by atoms with E-state index in [9.17, 15) is 24.9 Å². The van der Waals surface area contributed by atoms with E-state index in [4.69, 9.17) is 9.47 Å². The molecule has 1 aliphatic rings. The quantitative estimate of drug-likeness (QED) is 0.422. The van der Waals surface area contributed by atoms with Gasteiger partial charge in [-0.15, -0.1) is 0 Å². The van der Waals surface area contributed by atoms with Crippen LogP contribution < -0.4 is 4.74 Å². The molecule has 1 aromatic carbocycles. The van der Waals surface area contributed by atoms with Crippen molar-refractivity contribution in [2.75, 3.05) is 7.11 Å². The molecule has 0 saturated heterocycles. The van der Waals surface area contributed by atoms with E-state index >= 15 is 0 Å². The van der Waals surface area contributed by atoms with Crippen LogP contribution >= 0.6 is 12.6 Å². The van der Waals surface area contributed by atoms with Crippen LogP contribution in [0.2, 0.25) is 0 Å². The topological polar surface area (TPSA) is 113 Å². The average molecular weight is 396 g/mol. The number of phenolic OH excluding ortho intramolecular Hbond substituents is 1. The lowest BCUT2D eigenvalue weighted by atomic mass is 9.99. The van der Waals surface area contributed by atoms with E-state index in [-0.39, 0.29) is 30.6 Å².